The summed E-state index contributed by atoms with van der Waals surface area (Å²) in [6, 6.07) is 4.37. The van der Waals surface area contributed by atoms with Gasteiger partial charge in [-0.2, -0.15) is 0 Å². The van der Waals surface area contributed by atoms with E-state index in [-0.39, 0.29) is 0 Å². The van der Waals surface area contributed by atoms with Crippen LogP contribution in [-0.4, -0.2) is 32.6 Å². The van der Waals surface area contributed by atoms with Gasteiger partial charge in [0.1, 0.15) is 0 Å². The summed E-state index contributed by atoms with van der Waals surface area (Å²) in [7, 11) is 0. The molecule has 0 saturated carbocycles. The lowest BCUT2D eigenvalue weighted by atomic mass is 10.2. The average molecular weight is 295 g/mol. The predicted molar refractivity (Wildman–Crippen MR) is 69.9 cm³/mol. The first-order valence-corrected chi connectivity index (χ1v) is 6.83. The maximum atomic E-state index is 4.66. The van der Waals surface area contributed by atoms with Crippen molar-refractivity contribution in [3.8, 4) is 0 Å². The van der Waals surface area contributed by atoms with Gasteiger partial charge in [-0.15, -0.1) is 5.10 Å². The molecule has 90 valence electrons. The Bertz CT molecular complexity index is 536. The zero-order valence-electron chi connectivity index (χ0n) is 9.80. The number of fused-ring (bicyclic) bond motifs is 1. The van der Waals surface area contributed by atoms with Gasteiger partial charge < -0.3 is 0 Å². The minimum absolute atomic E-state index is 0.395. The van der Waals surface area contributed by atoms with Gasteiger partial charge in [0.15, 0.2) is 11.5 Å². The molecule has 2 aromatic heterocycles. The molecule has 2 aromatic rings. The highest BCUT2D eigenvalue weighted by atomic mass is 79.9. The van der Waals surface area contributed by atoms with Crippen LogP contribution in [0.2, 0.25) is 0 Å². The first-order chi connectivity index (χ1) is 8.29. The van der Waals surface area contributed by atoms with E-state index in [1.54, 1.807) is 0 Å². The Kier molecular flexibility index (Phi) is 2.88. The van der Waals surface area contributed by atoms with E-state index in [1.165, 1.54) is 12.8 Å². The zero-order valence-corrected chi connectivity index (χ0v) is 11.4. The summed E-state index contributed by atoms with van der Waals surface area (Å²) in [6.07, 6.45) is 4.36. The van der Waals surface area contributed by atoms with Crippen molar-refractivity contribution in [2.24, 2.45) is 0 Å². The number of nitrogens with zero attached hydrogens (tertiary/aromatic N) is 4. The normalized spacial score (nSPS) is 21.4. The van der Waals surface area contributed by atoms with E-state index in [9.17, 15) is 0 Å². The molecule has 17 heavy (non-hydrogen) atoms. The van der Waals surface area contributed by atoms with Gasteiger partial charge in [0.05, 0.1) is 10.5 Å². The zero-order chi connectivity index (χ0) is 11.8. The van der Waals surface area contributed by atoms with Crippen LogP contribution in [0.15, 0.2) is 22.8 Å². The molecular formula is C12H15BrN4. The Morgan fingerprint density at radius 3 is 3.18 bits per heavy atom. The molecule has 3 heterocycles. The van der Waals surface area contributed by atoms with E-state index in [0.717, 1.165) is 29.0 Å². The molecule has 1 fully saturated rings. The molecule has 0 radical (unpaired) electrons. The molecule has 1 aliphatic heterocycles. The minimum atomic E-state index is 0.395. The molecule has 1 saturated heterocycles. The van der Waals surface area contributed by atoms with Crippen molar-refractivity contribution in [3.05, 3.63) is 28.6 Å². The van der Waals surface area contributed by atoms with Gasteiger partial charge in [-0.05, 0) is 54.0 Å². The van der Waals surface area contributed by atoms with Crippen LogP contribution in [-0.2, 0) is 0 Å². The fourth-order valence-electron chi connectivity index (χ4n) is 2.53. The van der Waals surface area contributed by atoms with Crippen molar-refractivity contribution in [1.29, 1.82) is 0 Å². The number of aromatic nitrogens is 3. The molecule has 1 atom stereocenters. The molecule has 0 aliphatic carbocycles. The van der Waals surface area contributed by atoms with E-state index in [0.29, 0.717) is 6.04 Å². The monoisotopic (exact) mass is 294 g/mol. The van der Waals surface area contributed by atoms with Crippen molar-refractivity contribution >= 4 is 21.6 Å². The first kappa shape index (κ1) is 11.2. The molecule has 0 spiro atoms. The average Bonchev–Trinajstić information content (AvgIpc) is 2.94. The number of pyridine rings is 1. The summed E-state index contributed by atoms with van der Waals surface area (Å²) in [4.78, 5) is 7.10. The highest BCUT2D eigenvalue weighted by molar-refractivity contribution is 9.10. The van der Waals surface area contributed by atoms with Crippen molar-refractivity contribution in [2.75, 3.05) is 13.1 Å². The van der Waals surface area contributed by atoms with Gasteiger partial charge in [0.25, 0.3) is 0 Å². The lowest BCUT2D eigenvalue weighted by Crippen LogP contribution is -2.23. The second-order valence-corrected chi connectivity index (χ2v) is 5.24. The summed E-state index contributed by atoms with van der Waals surface area (Å²) in [5.41, 5.74) is 0.908. The van der Waals surface area contributed by atoms with Crippen molar-refractivity contribution in [3.63, 3.8) is 0 Å². The summed E-state index contributed by atoms with van der Waals surface area (Å²) >= 11 is 3.51. The fraction of sp³-hybridized carbons (Fsp3) is 0.500. The smallest absolute Gasteiger partial charge is 0.169 e. The molecule has 0 bridgehead atoms. The molecule has 5 heteroatoms. The van der Waals surface area contributed by atoms with Crippen LogP contribution in [0.4, 0.5) is 0 Å². The van der Waals surface area contributed by atoms with Gasteiger partial charge in [-0.3, -0.25) is 4.90 Å². The van der Waals surface area contributed by atoms with Gasteiger partial charge >= 0.3 is 0 Å². The van der Waals surface area contributed by atoms with Crippen LogP contribution in [0, 0.1) is 0 Å². The predicted octanol–water partition coefficient (Wildman–Crippen LogP) is 2.65. The highest BCUT2D eigenvalue weighted by Gasteiger charge is 2.28. The number of likely N-dealkylation sites (tertiary alicyclic amines) is 1. The Morgan fingerprint density at radius 2 is 2.41 bits per heavy atom. The maximum absolute atomic E-state index is 4.66. The van der Waals surface area contributed by atoms with Crippen molar-refractivity contribution in [2.45, 2.75) is 25.8 Å². The van der Waals surface area contributed by atoms with E-state index >= 15 is 0 Å². The number of hydrogen-bond acceptors (Lipinski definition) is 3. The first-order valence-electron chi connectivity index (χ1n) is 6.04. The van der Waals surface area contributed by atoms with E-state index in [2.05, 4.69) is 37.8 Å². The summed E-state index contributed by atoms with van der Waals surface area (Å²) in [5, 5.41) is 4.59. The SMILES string of the molecule is CCN1CCCC1c1nc2c(Br)cccn2n1. The van der Waals surface area contributed by atoms with E-state index < -0.39 is 0 Å². The molecule has 1 unspecified atom stereocenters. The summed E-state index contributed by atoms with van der Waals surface area (Å²) in [5.74, 6) is 0.955. The van der Waals surface area contributed by atoms with Gasteiger partial charge in [-0.1, -0.05) is 6.92 Å². The highest BCUT2D eigenvalue weighted by Crippen LogP contribution is 2.30. The third-order valence-corrected chi connectivity index (χ3v) is 4.02. The Balaban J connectivity index is 2.03. The van der Waals surface area contributed by atoms with Gasteiger partial charge in [0, 0.05) is 6.20 Å². The van der Waals surface area contributed by atoms with Crippen LogP contribution in [0.25, 0.3) is 5.65 Å². The van der Waals surface area contributed by atoms with Crippen LogP contribution < -0.4 is 0 Å². The standard InChI is InChI=1S/C12H15BrN4/c1-2-16-7-4-6-10(16)11-14-12-9(13)5-3-8-17(12)15-11/h3,5,8,10H,2,4,6-7H2,1H3. The molecular weight excluding hydrogens is 280 g/mol. The second-order valence-electron chi connectivity index (χ2n) is 4.38. The lowest BCUT2D eigenvalue weighted by molar-refractivity contribution is 0.262. The van der Waals surface area contributed by atoms with E-state index in [1.807, 2.05) is 22.8 Å². The van der Waals surface area contributed by atoms with Crippen LogP contribution in [0.1, 0.15) is 31.6 Å². The number of hydrogen-bond donors (Lipinski definition) is 0. The molecule has 1 aliphatic rings. The molecule has 3 rings (SSSR count). The quantitative estimate of drug-likeness (QED) is 0.854. The summed E-state index contributed by atoms with van der Waals surface area (Å²) < 4.78 is 2.85. The van der Waals surface area contributed by atoms with Crippen molar-refractivity contribution < 1.29 is 0 Å². The molecule has 0 amide bonds. The minimum Gasteiger partial charge on any atom is -0.294 e. The number of halogens is 1. The molecule has 0 aromatic carbocycles. The topological polar surface area (TPSA) is 33.4 Å². The molecule has 0 N–H and O–H groups in total. The van der Waals surface area contributed by atoms with E-state index in [4.69, 9.17) is 0 Å². The maximum Gasteiger partial charge on any atom is 0.169 e. The summed E-state index contributed by atoms with van der Waals surface area (Å²) in [6.45, 7) is 4.43. The van der Waals surface area contributed by atoms with Crippen LogP contribution in [0.5, 0.6) is 0 Å². The number of rotatable bonds is 2. The lowest BCUT2D eigenvalue weighted by Gasteiger charge is -2.19. The third-order valence-electron chi connectivity index (χ3n) is 3.40. The van der Waals surface area contributed by atoms with Gasteiger partial charge in [-0.25, -0.2) is 9.50 Å². The largest absolute Gasteiger partial charge is 0.294 e. The molecule has 4 nitrogen and oxygen atoms in total. The van der Waals surface area contributed by atoms with Crippen LogP contribution >= 0.6 is 15.9 Å². The fourth-order valence-corrected chi connectivity index (χ4v) is 2.95. The Hall–Kier alpha value is -0.940. The third kappa shape index (κ3) is 1.87. The van der Waals surface area contributed by atoms with Crippen LogP contribution in [0.3, 0.4) is 0 Å². The second kappa shape index (κ2) is 4.38. The van der Waals surface area contributed by atoms with Gasteiger partial charge in [0.2, 0.25) is 0 Å². The van der Waals surface area contributed by atoms with Crippen molar-refractivity contribution in [1.82, 2.24) is 19.5 Å². The Labute approximate surface area is 109 Å². The Morgan fingerprint density at radius 1 is 1.53 bits per heavy atom.